The fraction of sp³-hybridized carbons (Fsp3) is 0.560. The van der Waals surface area contributed by atoms with Gasteiger partial charge in [-0.1, -0.05) is 0 Å². The molecular formula is C25H31FN4O5. The highest BCUT2D eigenvalue weighted by Gasteiger charge is 2.53. The van der Waals surface area contributed by atoms with E-state index < -0.39 is 29.0 Å². The number of carboxylic acid groups (broad SMARTS) is 1. The number of rotatable bonds is 4. The number of pyridine rings is 1. The summed E-state index contributed by atoms with van der Waals surface area (Å²) in [6.45, 7) is 8.84. The summed E-state index contributed by atoms with van der Waals surface area (Å²) in [5.41, 5.74) is -0.467. The van der Waals surface area contributed by atoms with E-state index in [-0.39, 0.29) is 23.1 Å². The smallest absolute Gasteiger partial charge is 0.408 e. The van der Waals surface area contributed by atoms with E-state index in [0.717, 1.165) is 19.3 Å². The maximum Gasteiger partial charge on any atom is 0.408 e. The summed E-state index contributed by atoms with van der Waals surface area (Å²) in [5, 5.41) is 16.2. The lowest BCUT2D eigenvalue weighted by atomic mass is 9.96. The first-order valence-corrected chi connectivity index (χ1v) is 12.1. The predicted molar refractivity (Wildman–Crippen MR) is 130 cm³/mol. The number of nitrogens with zero attached hydrogens (tertiary/aromatic N) is 2. The molecule has 2 atom stereocenters. The van der Waals surface area contributed by atoms with Crippen LogP contribution in [0.15, 0.2) is 16.9 Å². The van der Waals surface area contributed by atoms with Gasteiger partial charge in [0.1, 0.15) is 17.0 Å². The third kappa shape index (κ3) is 3.98. The van der Waals surface area contributed by atoms with Gasteiger partial charge in [-0.15, -0.1) is 0 Å². The molecule has 2 fully saturated rings. The Morgan fingerprint density at radius 2 is 2.00 bits per heavy atom. The third-order valence-corrected chi connectivity index (χ3v) is 7.32. The fourth-order valence-corrected chi connectivity index (χ4v) is 5.55. The number of carbonyl (C=O) groups excluding carboxylic acids is 1. The highest BCUT2D eigenvalue weighted by atomic mass is 19.1. The summed E-state index contributed by atoms with van der Waals surface area (Å²) in [6, 6.07) is 2.29. The van der Waals surface area contributed by atoms with Crippen molar-refractivity contribution in [1.29, 1.82) is 0 Å². The molecule has 1 aromatic heterocycles. The molecular weight excluding hydrogens is 455 g/mol. The van der Waals surface area contributed by atoms with Crippen molar-refractivity contribution in [2.75, 3.05) is 29.9 Å². The van der Waals surface area contributed by atoms with Gasteiger partial charge in [0.2, 0.25) is 0 Å². The Hall–Kier alpha value is -3.30. The SMILES string of the molecule is C[C@H]1CNc2c(N3CC[C@@H](C4(NC(=O)OC(C)(C)C)CC4)C3)c(F)cc3cc(C(=O)O)c(=O)n1c23. The molecule has 10 heteroatoms. The molecule has 3 aliphatic rings. The number of aromatic nitrogens is 1. The Morgan fingerprint density at radius 3 is 2.63 bits per heavy atom. The van der Waals surface area contributed by atoms with Gasteiger partial charge in [0.25, 0.3) is 5.56 Å². The van der Waals surface area contributed by atoms with E-state index in [2.05, 4.69) is 10.6 Å². The van der Waals surface area contributed by atoms with Crippen molar-refractivity contribution in [1.82, 2.24) is 9.88 Å². The van der Waals surface area contributed by atoms with E-state index >= 15 is 4.39 Å². The molecule has 2 aromatic rings. The number of nitrogens with one attached hydrogen (secondary N) is 2. The summed E-state index contributed by atoms with van der Waals surface area (Å²) in [5.74, 6) is -1.66. The first-order valence-electron chi connectivity index (χ1n) is 12.1. The van der Waals surface area contributed by atoms with Gasteiger partial charge in [0.15, 0.2) is 0 Å². The van der Waals surface area contributed by atoms with Crippen LogP contribution in [-0.2, 0) is 4.74 Å². The van der Waals surface area contributed by atoms with Crippen LogP contribution in [0.4, 0.5) is 20.6 Å². The first kappa shape index (κ1) is 23.4. The van der Waals surface area contributed by atoms with Crippen LogP contribution in [0.3, 0.4) is 0 Å². The zero-order valence-corrected chi connectivity index (χ0v) is 20.4. The number of ether oxygens (including phenoxy) is 1. The van der Waals surface area contributed by atoms with E-state index in [4.69, 9.17) is 4.74 Å². The lowest BCUT2D eigenvalue weighted by Crippen LogP contribution is -2.46. The van der Waals surface area contributed by atoms with Crippen molar-refractivity contribution in [3.8, 4) is 0 Å². The quantitative estimate of drug-likeness (QED) is 0.604. The van der Waals surface area contributed by atoms with Gasteiger partial charge in [0.05, 0.1) is 22.9 Å². The molecule has 1 aliphatic carbocycles. The molecule has 3 N–H and O–H groups in total. The number of carbonyl (C=O) groups is 2. The largest absolute Gasteiger partial charge is 0.477 e. The molecule has 9 nitrogen and oxygen atoms in total. The van der Waals surface area contributed by atoms with E-state index in [1.807, 2.05) is 32.6 Å². The number of alkyl carbamates (subject to hydrolysis) is 1. The first-order chi connectivity index (χ1) is 16.4. The molecule has 1 saturated heterocycles. The highest BCUT2D eigenvalue weighted by molar-refractivity contribution is 6.02. The highest BCUT2D eigenvalue weighted by Crippen LogP contribution is 2.49. The molecule has 188 valence electrons. The number of amides is 1. The fourth-order valence-electron chi connectivity index (χ4n) is 5.55. The number of halogens is 1. The Labute approximate surface area is 202 Å². The van der Waals surface area contributed by atoms with Crippen molar-refractivity contribution in [2.45, 2.75) is 64.1 Å². The molecule has 1 amide bonds. The second-order valence-electron chi connectivity index (χ2n) is 11.0. The second-order valence-corrected chi connectivity index (χ2v) is 11.0. The van der Waals surface area contributed by atoms with Crippen molar-refractivity contribution in [3.05, 3.63) is 33.9 Å². The Balaban J connectivity index is 1.49. The number of benzene rings is 1. The number of hydrogen-bond acceptors (Lipinski definition) is 6. The molecule has 2 aliphatic heterocycles. The van der Waals surface area contributed by atoms with Gasteiger partial charge in [-0.3, -0.25) is 4.79 Å². The van der Waals surface area contributed by atoms with E-state index in [0.29, 0.717) is 41.9 Å². The van der Waals surface area contributed by atoms with Crippen LogP contribution in [0.1, 0.15) is 63.4 Å². The monoisotopic (exact) mass is 486 g/mol. The average molecular weight is 487 g/mol. The Kier molecular flexibility index (Phi) is 5.26. The normalized spacial score (nSPS) is 22.6. The molecule has 35 heavy (non-hydrogen) atoms. The van der Waals surface area contributed by atoms with Gasteiger partial charge < -0.3 is 29.9 Å². The topological polar surface area (TPSA) is 113 Å². The summed E-state index contributed by atoms with van der Waals surface area (Å²) in [7, 11) is 0. The lowest BCUT2D eigenvalue weighted by molar-refractivity contribution is 0.0477. The minimum atomic E-state index is -1.33. The van der Waals surface area contributed by atoms with Crippen LogP contribution >= 0.6 is 0 Å². The minimum absolute atomic E-state index is 0.136. The number of carboxylic acids is 1. The lowest BCUT2D eigenvalue weighted by Gasteiger charge is -2.32. The van der Waals surface area contributed by atoms with Gasteiger partial charge in [0, 0.05) is 36.5 Å². The standard InChI is InChI=1S/C25H31FN4O5/c1-13-11-27-18-19-14(9-16(22(32)33)21(31)30(13)19)10-17(26)20(18)29-8-5-15(12-29)25(6-7-25)28-23(34)35-24(2,3)4/h9-10,13,15,27H,5-8,11-12H2,1-4H3,(H,28,34)(H,32,33)/t13-,15+/m0/s1. The van der Waals surface area contributed by atoms with Crippen LogP contribution in [-0.4, -0.2) is 52.5 Å². The Bertz CT molecular complexity index is 1290. The van der Waals surface area contributed by atoms with Crippen LogP contribution in [0, 0.1) is 11.7 Å². The summed E-state index contributed by atoms with van der Waals surface area (Å²) >= 11 is 0. The van der Waals surface area contributed by atoms with Crippen molar-refractivity contribution >= 4 is 34.3 Å². The molecule has 0 bridgehead atoms. The number of anilines is 2. The van der Waals surface area contributed by atoms with Crippen LogP contribution < -0.4 is 21.1 Å². The van der Waals surface area contributed by atoms with Crippen LogP contribution in [0.25, 0.3) is 10.9 Å². The van der Waals surface area contributed by atoms with Crippen LogP contribution in [0.2, 0.25) is 0 Å². The van der Waals surface area contributed by atoms with E-state index in [1.54, 1.807) is 0 Å². The zero-order valence-electron chi connectivity index (χ0n) is 20.4. The molecule has 0 unspecified atom stereocenters. The third-order valence-electron chi connectivity index (χ3n) is 7.32. The Morgan fingerprint density at radius 1 is 1.29 bits per heavy atom. The summed E-state index contributed by atoms with van der Waals surface area (Å²) < 4.78 is 22.4. The maximum absolute atomic E-state index is 15.5. The molecule has 0 spiro atoms. The van der Waals surface area contributed by atoms with Crippen molar-refractivity contribution in [3.63, 3.8) is 0 Å². The van der Waals surface area contributed by atoms with Gasteiger partial charge >= 0.3 is 12.1 Å². The van der Waals surface area contributed by atoms with Crippen molar-refractivity contribution in [2.24, 2.45) is 5.92 Å². The minimum Gasteiger partial charge on any atom is -0.477 e. The van der Waals surface area contributed by atoms with E-state index in [1.165, 1.54) is 16.7 Å². The molecule has 5 rings (SSSR count). The average Bonchev–Trinajstić information content (AvgIpc) is 3.34. The summed E-state index contributed by atoms with van der Waals surface area (Å²) in [6.07, 6.45) is 2.05. The zero-order chi connectivity index (χ0) is 25.3. The number of aromatic carboxylic acids is 1. The van der Waals surface area contributed by atoms with Gasteiger partial charge in [-0.05, 0) is 59.1 Å². The molecule has 1 aromatic carbocycles. The van der Waals surface area contributed by atoms with Gasteiger partial charge in [-0.25, -0.2) is 14.0 Å². The van der Waals surface area contributed by atoms with Crippen molar-refractivity contribution < 1.29 is 23.8 Å². The molecule has 3 heterocycles. The summed E-state index contributed by atoms with van der Waals surface area (Å²) in [4.78, 5) is 39.0. The number of hydrogen-bond donors (Lipinski definition) is 3. The predicted octanol–water partition coefficient (Wildman–Crippen LogP) is 3.71. The van der Waals surface area contributed by atoms with E-state index in [9.17, 15) is 19.5 Å². The maximum atomic E-state index is 15.5. The second kappa shape index (κ2) is 7.86. The van der Waals surface area contributed by atoms with Crippen LogP contribution in [0.5, 0.6) is 0 Å². The van der Waals surface area contributed by atoms with Gasteiger partial charge in [-0.2, -0.15) is 0 Å². The molecule has 1 saturated carbocycles. The molecule has 0 radical (unpaired) electrons.